The van der Waals surface area contributed by atoms with Crippen molar-refractivity contribution in [1.29, 1.82) is 0 Å². The van der Waals surface area contributed by atoms with E-state index >= 15 is 0 Å². The molecule has 1 saturated carbocycles. The number of ether oxygens (including phenoxy) is 1. The number of carboxylic acids is 1. The van der Waals surface area contributed by atoms with Crippen molar-refractivity contribution >= 4 is 16.9 Å². The van der Waals surface area contributed by atoms with E-state index < -0.39 is 12.6 Å². The van der Waals surface area contributed by atoms with Gasteiger partial charge in [0.15, 0.2) is 0 Å². The van der Waals surface area contributed by atoms with Crippen molar-refractivity contribution in [3.8, 4) is 5.75 Å². The first kappa shape index (κ1) is 12.0. The quantitative estimate of drug-likeness (QED) is 0.920. The summed E-state index contributed by atoms with van der Waals surface area (Å²) in [6, 6.07) is 4.43. The largest absolute Gasteiger partial charge is 0.475 e. The Morgan fingerprint density at radius 2 is 2.11 bits per heavy atom. The molecular formula is C13H10F2O4. The van der Waals surface area contributed by atoms with Crippen molar-refractivity contribution < 1.29 is 27.8 Å². The van der Waals surface area contributed by atoms with E-state index in [9.17, 15) is 13.6 Å². The molecule has 0 bridgehead atoms. The highest BCUT2D eigenvalue weighted by Crippen LogP contribution is 2.44. The van der Waals surface area contributed by atoms with Gasteiger partial charge in [0.2, 0.25) is 5.76 Å². The van der Waals surface area contributed by atoms with E-state index in [0.717, 1.165) is 18.4 Å². The van der Waals surface area contributed by atoms with Crippen LogP contribution < -0.4 is 4.74 Å². The summed E-state index contributed by atoms with van der Waals surface area (Å²) in [6.07, 6.45) is 1.98. The molecule has 1 aromatic carbocycles. The minimum Gasteiger partial charge on any atom is -0.475 e. The van der Waals surface area contributed by atoms with Gasteiger partial charge in [-0.25, -0.2) is 4.79 Å². The molecule has 1 fully saturated rings. The van der Waals surface area contributed by atoms with Crippen LogP contribution in [-0.4, -0.2) is 17.7 Å². The predicted molar refractivity (Wildman–Crippen MR) is 61.8 cm³/mol. The van der Waals surface area contributed by atoms with Crippen molar-refractivity contribution in [3.05, 3.63) is 29.5 Å². The molecule has 1 aromatic heterocycles. The fraction of sp³-hybridized carbons (Fsp3) is 0.308. The smallest absolute Gasteiger partial charge is 0.387 e. The van der Waals surface area contributed by atoms with E-state index in [1.165, 1.54) is 12.1 Å². The summed E-state index contributed by atoms with van der Waals surface area (Å²) in [5.41, 5.74) is 1.10. The zero-order valence-corrected chi connectivity index (χ0v) is 9.73. The molecule has 0 radical (unpaired) electrons. The molecule has 1 heterocycles. The first-order valence-electron chi connectivity index (χ1n) is 5.80. The fourth-order valence-electron chi connectivity index (χ4n) is 2.08. The summed E-state index contributed by atoms with van der Waals surface area (Å²) in [5.74, 6) is -1.25. The molecule has 19 heavy (non-hydrogen) atoms. The number of benzene rings is 1. The van der Waals surface area contributed by atoms with Gasteiger partial charge in [-0.3, -0.25) is 0 Å². The molecule has 100 valence electrons. The number of fused-ring (bicyclic) bond motifs is 1. The first-order valence-corrected chi connectivity index (χ1v) is 5.80. The zero-order valence-electron chi connectivity index (χ0n) is 9.73. The lowest BCUT2D eigenvalue weighted by atomic mass is 10.1. The summed E-state index contributed by atoms with van der Waals surface area (Å²) in [6.45, 7) is -2.96. The second kappa shape index (κ2) is 4.22. The summed E-state index contributed by atoms with van der Waals surface area (Å²) < 4.78 is 34.4. The second-order valence-electron chi connectivity index (χ2n) is 4.50. The van der Waals surface area contributed by atoms with Crippen molar-refractivity contribution in [2.45, 2.75) is 25.4 Å². The Morgan fingerprint density at radius 3 is 2.68 bits per heavy atom. The number of carboxylic acid groups (broad SMARTS) is 1. The maximum Gasteiger partial charge on any atom is 0.387 e. The maximum atomic E-state index is 12.4. The van der Waals surface area contributed by atoms with E-state index in [4.69, 9.17) is 9.52 Å². The highest BCUT2D eigenvalue weighted by atomic mass is 19.3. The van der Waals surface area contributed by atoms with Crippen LogP contribution in [0.5, 0.6) is 5.75 Å². The van der Waals surface area contributed by atoms with Crippen molar-refractivity contribution in [3.63, 3.8) is 0 Å². The van der Waals surface area contributed by atoms with E-state index in [1.54, 1.807) is 6.07 Å². The molecule has 0 atom stereocenters. The van der Waals surface area contributed by atoms with Crippen LogP contribution in [0.1, 0.15) is 34.9 Å². The third kappa shape index (κ3) is 2.25. The van der Waals surface area contributed by atoms with Crippen LogP contribution in [0.25, 0.3) is 11.0 Å². The molecular weight excluding hydrogens is 258 g/mol. The molecule has 1 aliphatic rings. The molecule has 1 aliphatic carbocycles. The van der Waals surface area contributed by atoms with Crippen molar-refractivity contribution in [2.75, 3.05) is 0 Å². The number of aromatic carboxylic acids is 1. The summed E-state index contributed by atoms with van der Waals surface area (Å²) in [7, 11) is 0. The minimum absolute atomic E-state index is 0.0364. The summed E-state index contributed by atoms with van der Waals surface area (Å²) in [5, 5.41) is 9.12. The number of halogens is 2. The molecule has 0 spiro atoms. The average Bonchev–Trinajstić information content (AvgIpc) is 3.07. The van der Waals surface area contributed by atoms with Crippen LogP contribution in [-0.2, 0) is 0 Å². The minimum atomic E-state index is -2.96. The highest BCUT2D eigenvalue weighted by Gasteiger charge is 2.26. The molecule has 6 heteroatoms. The standard InChI is InChI=1S/C13H10F2O4/c14-13(15)19-10-4-7(6-1-2-6)3-9-8(10)5-11(18-9)12(16)17/h3-6,13H,1-2H2,(H,16,17). The van der Waals surface area contributed by atoms with Gasteiger partial charge in [0.05, 0.1) is 5.39 Å². The number of hydrogen-bond donors (Lipinski definition) is 1. The Hall–Kier alpha value is -2.11. The van der Waals surface area contributed by atoms with E-state index in [-0.39, 0.29) is 22.5 Å². The predicted octanol–water partition coefficient (Wildman–Crippen LogP) is 3.61. The topological polar surface area (TPSA) is 59.7 Å². The van der Waals surface area contributed by atoms with Gasteiger partial charge in [-0.1, -0.05) is 0 Å². The van der Waals surface area contributed by atoms with Gasteiger partial charge in [-0.15, -0.1) is 0 Å². The van der Waals surface area contributed by atoms with Gasteiger partial charge in [-0.05, 0) is 36.5 Å². The second-order valence-corrected chi connectivity index (χ2v) is 4.50. The Balaban J connectivity index is 2.15. The number of furan rings is 1. The Labute approximate surface area is 106 Å². The third-order valence-electron chi connectivity index (χ3n) is 3.10. The molecule has 3 rings (SSSR count). The summed E-state index contributed by atoms with van der Waals surface area (Å²) >= 11 is 0. The summed E-state index contributed by atoms with van der Waals surface area (Å²) in [4.78, 5) is 10.9. The Morgan fingerprint density at radius 1 is 1.37 bits per heavy atom. The van der Waals surface area contributed by atoms with E-state index in [0.29, 0.717) is 5.92 Å². The number of rotatable bonds is 4. The molecule has 4 nitrogen and oxygen atoms in total. The van der Waals surface area contributed by atoms with Crippen molar-refractivity contribution in [2.24, 2.45) is 0 Å². The number of hydrogen-bond acceptors (Lipinski definition) is 3. The van der Waals surface area contributed by atoms with Crippen LogP contribution >= 0.6 is 0 Å². The van der Waals surface area contributed by atoms with Crippen LogP contribution in [0, 0.1) is 0 Å². The van der Waals surface area contributed by atoms with Crippen LogP contribution in [0.3, 0.4) is 0 Å². The van der Waals surface area contributed by atoms with Gasteiger partial charge in [0, 0.05) is 6.07 Å². The molecule has 2 aromatic rings. The molecule has 0 unspecified atom stereocenters. The molecule has 0 saturated heterocycles. The normalized spacial score (nSPS) is 15.1. The Kier molecular flexibility index (Phi) is 2.66. The molecule has 1 N–H and O–H groups in total. The van der Waals surface area contributed by atoms with Crippen LogP contribution in [0.4, 0.5) is 8.78 Å². The lowest BCUT2D eigenvalue weighted by Gasteiger charge is -2.07. The fourth-order valence-corrected chi connectivity index (χ4v) is 2.08. The lowest BCUT2D eigenvalue weighted by molar-refractivity contribution is -0.0488. The average molecular weight is 268 g/mol. The van der Waals surface area contributed by atoms with Crippen LogP contribution in [0.2, 0.25) is 0 Å². The Bertz CT molecular complexity index is 643. The number of alkyl halides is 2. The first-order chi connectivity index (χ1) is 9.04. The van der Waals surface area contributed by atoms with Gasteiger partial charge in [0.1, 0.15) is 11.3 Å². The van der Waals surface area contributed by atoms with Gasteiger partial charge < -0.3 is 14.3 Å². The van der Waals surface area contributed by atoms with Crippen LogP contribution in [0.15, 0.2) is 22.6 Å². The van der Waals surface area contributed by atoms with Gasteiger partial charge in [-0.2, -0.15) is 8.78 Å². The maximum absolute atomic E-state index is 12.4. The highest BCUT2D eigenvalue weighted by molar-refractivity contribution is 5.94. The SMILES string of the molecule is O=C(O)c1cc2c(OC(F)F)cc(C3CC3)cc2o1. The zero-order chi connectivity index (χ0) is 13.6. The van der Waals surface area contributed by atoms with E-state index in [2.05, 4.69) is 4.74 Å². The molecule has 0 amide bonds. The lowest BCUT2D eigenvalue weighted by Crippen LogP contribution is -2.02. The third-order valence-corrected chi connectivity index (χ3v) is 3.10. The van der Waals surface area contributed by atoms with E-state index in [1.807, 2.05) is 0 Å². The monoisotopic (exact) mass is 268 g/mol. The van der Waals surface area contributed by atoms with Gasteiger partial charge in [0.25, 0.3) is 0 Å². The van der Waals surface area contributed by atoms with Crippen molar-refractivity contribution in [1.82, 2.24) is 0 Å². The number of carbonyl (C=O) groups is 1. The molecule has 0 aliphatic heterocycles. The van der Waals surface area contributed by atoms with Gasteiger partial charge >= 0.3 is 12.6 Å².